The third-order valence-electron chi connectivity index (χ3n) is 2.98. The Balaban J connectivity index is 3.53. The Morgan fingerprint density at radius 3 is 1.72 bits per heavy atom. The summed E-state index contributed by atoms with van der Waals surface area (Å²) in [6.07, 6.45) is 3.30. The van der Waals surface area contributed by atoms with Crippen molar-refractivity contribution in [1.82, 2.24) is 0 Å². The summed E-state index contributed by atoms with van der Waals surface area (Å²) >= 11 is 0. The van der Waals surface area contributed by atoms with E-state index in [4.69, 9.17) is 9.47 Å². The summed E-state index contributed by atoms with van der Waals surface area (Å²) in [6.45, 7) is 4.09. The molecule has 4 heteroatoms. The highest BCUT2D eigenvalue weighted by molar-refractivity contribution is 5.66. The van der Waals surface area contributed by atoms with E-state index in [0.717, 1.165) is 30.4 Å². The molecule has 1 aromatic rings. The molecule has 2 N–H and O–H groups in total. The van der Waals surface area contributed by atoms with Crippen LogP contribution in [0.3, 0.4) is 0 Å². The average molecular weight is 254 g/mol. The van der Waals surface area contributed by atoms with Crippen LogP contribution in [0.2, 0.25) is 0 Å². The fraction of sp³-hybridized carbons (Fsp3) is 0.571. The number of rotatable bonds is 6. The second-order valence-corrected chi connectivity index (χ2v) is 4.22. The molecule has 0 saturated heterocycles. The molecule has 0 unspecified atom stereocenters. The molecule has 4 nitrogen and oxygen atoms in total. The normalized spacial score (nSPS) is 10.4. The van der Waals surface area contributed by atoms with Crippen molar-refractivity contribution in [3.63, 3.8) is 0 Å². The van der Waals surface area contributed by atoms with Gasteiger partial charge < -0.3 is 19.7 Å². The van der Waals surface area contributed by atoms with Crippen LogP contribution < -0.4 is 9.47 Å². The smallest absolute Gasteiger partial charge is 0.207 e. The third-order valence-corrected chi connectivity index (χ3v) is 2.98. The van der Waals surface area contributed by atoms with Gasteiger partial charge in [-0.25, -0.2) is 0 Å². The quantitative estimate of drug-likeness (QED) is 0.766. The number of benzene rings is 1. The summed E-state index contributed by atoms with van der Waals surface area (Å²) in [5.41, 5.74) is 1.68. The van der Waals surface area contributed by atoms with E-state index in [1.54, 1.807) is 7.11 Å². The Labute approximate surface area is 108 Å². The summed E-state index contributed by atoms with van der Waals surface area (Å²) in [7, 11) is 3.00. The van der Waals surface area contributed by atoms with Gasteiger partial charge in [-0.1, -0.05) is 26.7 Å². The van der Waals surface area contributed by atoms with Crippen molar-refractivity contribution < 1.29 is 19.7 Å². The molecule has 1 rings (SSSR count). The minimum Gasteiger partial charge on any atom is -0.504 e. The number of hydrogen-bond acceptors (Lipinski definition) is 4. The number of ether oxygens (including phenoxy) is 2. The fourth-order valence-corrected chi connectivity index (χ4v) is 2.21. The summed E-state index contributed by atoms with van der Waals surface area (Å²) < 4.78 is 10.5. The van der Waals surface area contributed by atoms with Gasteiger partial charge in [-0.2, -0.15) is 0 Å². The number of phenols is 2. The van der Waals surface area contributed by atoms with Crippen molar-refractivity contribution >= 4 is 0 Å². The Hall–Kier alpha value is -1.58. The standard InChI is InChI=1S/C14H22O4/c1-5-7-9-10(8-6-2)13(17-3)14(18-4)12(16)11(9)15/h15-16H,5-8H2,1-4H3. The first-order valence-corrected chi connectivity index (χ1v) is 6.29. The minimum atomic E-state index is -0.238. The number of phenolic OH excluding ortho intramolecular Hbond substituents is 2. The predicted octanol–water partition coefficient (Wildman–Crippen LogP) is 3.02. The minimum absolute atomic E-state index is 0.0852. The van der Waals surface area contributed by atoms with Gasteiger partial charge >= 0.3 is 0 Å². The van der Waals surface area contributed by atoms with Gasteiger partial charge in [0.05, 0.1) is 14.2 Å². The maximum atomic E-state index is 10.1. The van der Waals surface area contributed by atoms with Crippen molar-refractivity contribution in [3.8, 4) is 23.0 Å². The van der Waals surface area contributed by atoms with Crippen LogP contribution in [-0.4, -0.2) is 24.4 Å². The fourth-order valence-electron chi connectivity index (χ4n) is 2.21. The highest BCUT2D eigenvalue weighted by atomic mass is 16.5. The van der Waals surface area contributed by atoms with Gasteiger partial charge in [0.15, 0.2) is 11.5 Å². The van der Waals surface area contributed by atoms with Gasteiger partial charge in [-0.15, -0.1) is 0 Å². The maximum absolute atomic E-state index is 10.1. The lowest BCUT2D eigenvalue weighted by Crippen LogP contribution is -2.02. The molecule has 0 amide bonds. The van der Waals surface area contributed by atoms with Crippen LogP contribution in [0.1, 0.15) is 37.8 Å². The van der Waals surface area contributed by atoms with Crippen LogP contribution in [-0.2, 0) is 12.8 Å². The third kappa shape index (κ3) is 2.47. The van der Waals surface area contributed by atoms with Crippen LogP contribution >= 0.6 is 0 Å². The molecule has 102 valence electrons. The first-order chi connectivity index (χ1) is 8.62. The first-order valence-electron chi connectivity index (χ1n) is 6.29. The van der Waals surface area contributed by atoms with Gasteiger partial charge in [0, 0.05) is 11.1 Å². The van der Waals surface area contributed by atoms with Gasteiger partial charge in [-0.05, 0) is 12.8 Å². The second-order valence-electron chi connectivity index (χ2n) is 4.22. The molecule has 18 heavy (non-hydrogen) atoms. The summed E-state index contributed by atoms with van der Waals surface area (Å²) in [5, 5.41) is 20.0. The molecule has 0 atom stereocenters. The second kappa shape index (κ2) is 6.38. The van der Waals surface area contributed by atoms with E-state index in [1.807, 2.05) is 6.92 Å². The summed E-state index contributed by atoms with van der Waals surface area (Å²) in [5.74, 6) is 0.409. The molecular formula is C14H22O4. The zero-order valence-corrected chi connectivity index (χ0v) is 11.5. The van der Waals surface area contributed by atoms with Crippen molar-refractivity contribution in [3.05, 3.63) is 11.1 Å². The molecule has 0 heterocycles. The number of aromatic hydroxyl groups is 2. The van der Waals surface area contributed by atoms with E-state index in [-0.39, 0.29) is 17.2 Å². The lowest BCUT2D eigenvalue weighted by molar-refractivity contribution is 0.316. The lowest BCUT2D eigenvalue weighted by atomic mass is 9.96. The van der Waals surface area contributed by atoms with E-state index >= 15 is 0 Å². The Morgan fingerprint density at radius 1 is 0.778 bits per heavy atom. The van der Waals surface area contributed by atoms with Crippen LogP contribution in [0.15, 0.2) is 0 Å². The summed E-state index contributed by atoms with van der Waals surface area (Å²) in [6, 6.07) is 0. The van der Waals surface area contributed by atoms with E-state index in [1.165, 1.54) is 7.11 Å². The summed E-state index contributed by atoms with van der Waals surface area (Å²) in [4.78, 5) is 0. The lowest BCUT2D eigenvalue weighted by Gasteiger charge is -2.19. The molecule has 0 radical (unpaired) electrons. The van der Waals surface area contributed by atoms with Crippen LogP contribution in [0, 0.1) is 0 Å². The van der Waals surface area contributed by atoms with E-state index in [0.29, 0.717) is 12.2 Å². The highest BCUT2D eigenvalue weighted by Gasteiger charge is 2.24. The molecule has 0 aliphatic carbocycles. The van der Waals surface area contributed by atoms with Crippen molar-refractivity contribution in [2.24, 2.45) is 0 Å². The van der Waals surface area contributed by atoms with Crippen LogP contribution in [0.4, 0.5) is 0 Å². The van der Waals surface area contributed by atoms with Gasteiger partial charge in [0.2, 0.25) is 11.5 Å². The van der Waals surface area contributed by atoms with Crippen molar-refractivity contribution in [2.45, 2.75) is 39.5 Å². The van der Waals surface area contributed by atoms with Crippen molar-refractivity contribution in [2.75, 3.05) is 14.2 Å². The maximum Gasteiger partial charge on any atom is 0.207 e. The predicted molar refractivity (Wildman–Crippen MR) is 70.9 cm³/mol. The van der Waals surface area contributed by atoms with Gasteiger partial charge in [0.25, 0.3) is 0 Å². The number of hydrogen-bond donors (Lipinski definition) is 2. The zero-order valence-electron chi connectivity index (χ0n) is 11.5. The number of methoxy groups -OCH3 is 2. The molecule has 0 aliphatic heterocycles. The Morgan fingerprint density at radius 2 is 1.28 bits per heavy atom. The van der Waals surface area contributed by atoms with E-state index in [2.05, 4.69) is 6.92 Å². The van der Waals surface area contributed by atoms with E-state index < -0.39 is 0 Å². The SMILES string of the molecule is CCCc1c(O)c(O)c(OC)c(OC)c1CCC. The monoisotopic (exact) mass is 254 g/mol. The molecule has 0 saturated carbocycles. The molecule has 0 fully saturated rings. The first kappa shape index (κ1) is 14.5. The zero-order chi connectivity index (χ0) is 13.7. The van der Waals surface area contributed by atoms with Crippen LogP contribution in [0.25, 0.3) is 0 Å². The van der Waals surface area contributed by atoms with Crippen LogP contribution in [0.5, 0.6) is 23.0 Å². The highest BCUT2D eigenvalue weighted by Crippen LogP contribution is 2.49. The molecule has 0 aliphatic rings. The molecular weight excluding hydrogens is 232 g/mol. The Kier molecular flexibility index (Phi) is 5.13. The van der Waals surface area contributed by atoms with Gasteiger partial charge in [0.1, 0.15) is 0 Å². The van der Waals surface area contributed by atoms with Gasteiger partial charge in [-0.3, -0.25) is 0 Å². The average Bonchev–Trinajstić information content (AvgIpc) is 2.37. The molecule has 0 aromatic heterocycles. The topological polar surface area (TPSA) is 58.9 Å². The largest absolute Gasteiger partial charge is 0.504 e. The van der Waals surface area contributed by atoms with E-state index in [9.17, 15) is 10.2 Å². The molecule has 0 bridgehead atoms. The molecule has 1 aromatic carbocycles. The molecule has 0 spiro atoms. The van der Waals surface area contributed by atoms with Crippen molar-refractivity contribution in [1.29, 1.82) is 0 Å². The Bertz CT molecular complexity index is 413.